The first-order valence-corrected chi connectivity index (χ1v) is 29.5. The minimum absolute atomic E-state index is 0.205. The lowest BCUT2D eigenvalue weighted by Gasteiger charge is -2.24. The highest BCUT2D eigenvalue weighted by molar-refractivity contribution is 6.31. The molecule has 0 bridgehead atoms. The standard InChI is InChI=1S/C82H58/c1-43-17-25-53-65(33-43)63(39-69-61-27-19-45(3)77-59-15-11-9-13-51(59)71(79(61)77)41-67(53)69)49-23-31-57-55-29-21-47(35-73(55)81(5,6)75(57)37-49)48-22-30-56-58-32-24-50(38-76(58)82(7,8)74(56)36-48)64-40-70-62-28-20-46(4)78-60-16-12-10-14-52(60)72(80(62)78)42-68(70)54-26-18-44(2)34-66(54)64/h9-42H,1-8H3. The molecular weight excluding hydrogens is 985 g/mol. The van der Waals surface area contributed by atoms with Crippen LogP contribution in [-0.2, 0) is 10.8 Å². The van der Waals surface area contributed by atoms with E-state index in [1.54, 1.807) is 0 Å². The summed E-state index contributed by atoms with van der Waals surface area (Å²) in [5.41, 5.74) is 34.3. The van der Waals surface area contributed by atoms with E-state index in [4.69, 9.17) is 0 Å². The lowest BCUT2D eigenvalue weighted by molar-refractivity contribution is 0.660. The lowest BCUT2D eigenvalue weighted by Crippen LogP contribution is -2.15. The molecule has 386 valence electrons. The molecule has 0 aliphatic heterocycles. The zero-order valence-corrected chi connectivity index (χ0v) is 47.6. The molecule has 0 heterocycles. The number of benzene rings is 14. The van der Waals surface area contributed by atoms with Gasteiger partial charge in [-0.2, -0.15) is 0 Å². The van der Waals surface area contributed by atoms with E-state index in [1.807, 2.05) is 0 Å². The lowest BCUT2D eigenvalue weighted by atomic mass is 9.79. The SMILES string of the molecule is Cc1ccc2c(c1)c(-c1ccc3c(c1)C(C)(C)c1cc(-c4ccc5c(c4)C(C)(C)c4cc(-c6cc7c8ccc(C)c9c8c(cc7c7ccc(C)cc67)-c6ccccc6-9)ccc4-5)ccc1-3)cc1c3ccc(C)c4c3c(cc21)-c1ccccc1-4. The fourth-order valence-electron chi connectivity index (χ4n) is 16.4. The van der Waals surface area contributed by atoms with Crippen LogP contribution in [0.1, 0.15) is 72.2 Å². The fourth-order valence-corrected chi connectivity index (χ4v) is 16.4. The summed E-state index contributed by atoms with van der Waals surface area (Å²) in [7, 11) is 0. The zero-order chi connectivity index (χ0) is 55.0. The van der Waals surface area contributed by atoms with Gasteiger partial charge in [0.15, 0.2) is 0 Å². The van der Waals surface area contributed by atoms with Crippen molar-refractivity contribution in [3.8, 4) is 100 Å². The van der Waals surface area contributed by atoms with Crippen molar-refractivity contribution in [2.45, 2.75) is 66.2 Å². The highest BCUT2D eigenvalue weighted by atomic mass is 14.4. The van der Waals surface area contributed by atoms with Gasteiger partial charge >= 0.3 is 0 Å². The maximum absolute atomic E-state index is 2.52. The summed E-state index contributed by atoms with van der Waals surface area (Å²) < 4.78 is 0. The van der Waals surface area contributed by atoms with Crippen LogP contribution in [0.5, 0.6) is 0 Å². The molecule has 0 aromatic heterocycles. The van der Waals surface area contributed by atoms with E-state index in [0.29, 0.717) is 0 Å². The van der Waals surface area contributed by atoms with Crippen molar-refractivity contribution in [2.75, 3.05) is 0 Å². The molecule has 0 atom stereocenters. The maximum atomic E-state index is 2.52. The third-order valence-electron chi connectivity index (χ3n) is 20.5. The number of aryl methyl sites for hydroxylation is 4. The molecule has 82 heavy (non-hydrogen) atoms. The topological polar surface area (TPSA) is 0 Å². The van der Waals surface area contributed by atoms with Crippen molar-refractivity contribution in [2.24, 2.45) is 0 Å². The van der Waals surface area contributed by atoms with Crippen molar-refractivity contribution in [1.82, 2.24) is 0 Å². The van der Waals surface area contributed by atoms with Gasteiger partial charge in [-0.3, -0.25) is 0 Å². The highest BCUT2D eigenvalue weighted by Gasteiger charge is 2.39. The first-order chi connectivity index (χ1) is 39.8. The van der Waals surface area contributed by atoms with E-state index >= 15 is 0 Å². The van der Waals surface area contributed by atoms with E-state index in [-0.39, 0.29) is 10.8 Å². The average Bonchev–Trinajstić information content (AvgIpc) is 2.87. The van der Waals surface area contributed by atoms with Crippen LogP contribution in [0.25, 0.3) is 165 Å². The van der Waals surface area contributed by atoms with Crippen LogP contribution in [0.3, 0.4) is 0 Å². The predicted molar refractivity (Wildman–Crippen MR) is 351 cm³/mol. The minimum Gasteiger partial charge on any atom is -0.0616 e. The van der Waals surface area contributed by atoms with Gasteiger partial charge in [0.2, 0.25) is 0 Å². The maximum Gasteiger partial charge on any atom is 0.0159 e. The van der Waals surface area contributed by atoms with Gasteiger partial charge < -0.3 is 0 Å². The van der Waals surface area contributed by atoms with Crippen molar-refractivity contribution in [3.63, 3.8) is 0 Å². The Hall–Kier alpha value is -9.36. The summed E-state index contributed by atoms with van der Waals surface area (Å²) in [6, 6.07) is 80.8. The molecule has 0 N–H and O–H groups in total. The van der Waals surface area contributed by atoms with E-state index in [1.165, 1.54) is 209 Å². The van der Waals surface area contributed by atoms with Crippen LogP contribution < -0.4 is 0 Å². The summed E-state index contributed by atoms with van der Waals surface area (Å²) in [5, 5.41) is 16.0. The molecule has 0 saturated carbocycles. The molecule has 0 spiro atoms. The van der Waals surface area contributed by atoms with Crippen LogP contribution in [0.2, 0.25) is 0 Å². The minimum atomic E-state index is -0.205. The van der Waals surface area contributed by atoms with Gasteiger partial charge in [-0.25, -0.2) is 0 Å². The first-order valence-electron chi connectivity index (χ1n) is 29.5. The average molecular weight is 1040 g/mol. The number of rotatable bonds is 3. The summed E-state index contributed by atoms with van der Waals surface area (Å²) in [6.45, 7) is 18.8. The molecular formula is C82H58. The molecule has 0 radical (unpaired) electrons. The summed E-state index contributed by atoms with van der Waals surface area (Å²) in [4.78, 5) is 0. The molecule has 0 unspecified atom stereocenters. The largest absolute Gasteiger partial charge is 0.0616 e. The molecule has 4 aliphatic rings. The van der Waals surface area contributed by atoms with E-state index < -0.39 is 0 Å². The molecule has 0 amide bonds. The summed E-state index contributed by atoms with van der Waals surface area (Å²) >= 11 is 0. The van der Waals surface area contributed by atoms with Gasteiger partial charge in [0, 0.05) is 10.8 Å². The molecule has 14 aromatic carbocycles. The second-order valence-corrected chi connectivity index (χ2v) is 25.7. The predicted octanol–water partition coefficient (Wildman–Crippen LogP) is 22.7. The van der Waals surface area contributed by atoms with Gasteiger partial charge in [-0.15, -0.1) is 0 Å². The van der Waals surface area contributed by atoms with Crippen molar-refractivity contribution >= 4 is 64.6 Å². The second kappa shape index (κ2) is 15.8. The number of fused-ring (bicyclic) bond motifs is 20. The molecule has 4 aliphatic carbocycles. The fraction of sp³-hybridized carbons (Fsp3) is 0.122. The Labute approximate surface area is 479 Å². The molecule has 14 aromatic rings. The first kappa shape index (κ1) is 46.4. The molecule has 18 rings (SSSR count). The number of hydrogen-bond donors (Lipinski definition) is 0. The Balaban J connectivity index is 0.719. The van der Waals surface area contributed by atoms with Gasteiger partial charge in [-0.05, 0) is 274 Å². The Morgan fingerprint density at radius 2 is 0.549 bits per heavy atom. The van der Waals surface area contributed by atoms with Crippen LogP contribution in [0, 0.1) is 27.7 Å². The van der Waals surface area contributed by atoms with Gasteiger partial charge in [0.05, 0.1) is 0 Å². The smallest absolute Gasteiger partial charge is 0.0159 e. The normalized spacial score (nSPS) is 14.3. The molecule has 0 nitrogen and oxygen atoms in total. The quantitative estimate of drug-likeness (QED) is 0.155. The van der Waals surface area contributed by atoms with Crippen molar-refractivity contribution in [3.05, 3.63) is 251 Å². The molecule has 0 heteroatoms. The van der Waals surface area contributed by atoms with Crippen LogP contribution >= 0.6 is 0 Å². The Morgan fingerprint density at radius 3 is 0.951 bits per heavy atom. The number of hydrogen-bond acceptors (Lipinski definition) is 0. The van der Waals surface area contributed by atoms with Crippen molar-refractivity contribution in [1.29, 1.82) is 0 Å². The Kier molecular flexibility index (Phi) is 8.91. The van der Waals surface area contributed by atoms with Crippen molar-refractivity contribution < 1.29 is 0 Å². The van der Waals surface area contributed by atoms with Crippen LogP contribution in [0.15, 0.2) is 206 Å². The summed E-state index contributed by atoms with van der Waals surface area (Å²) in [5.74, 6) is 0. The van der Waals surface area contributed by atoms with E-state index in [9.17, 15) is 0 Å². The third-order valence-corrected chi connectivity index (χ3v) is 20.5. The third kappa shape index (κ3) is 5.92. The highest BCUT2D eigenvalue weighted by Crippen LogP contribution is 2.57. The van der Waals surface area contributed by atoms with Gasteiger partial charge in [-0.1, -0.05) is 197 Å². The Bertz CT molecular complexity index is 5020. The second-order valence-electron chi connectivity index (χ2n) is 25.7. The van der Waals surface area contributed by atoms with E-state index in [2.05, 4.69) is 262 Å². The van der Waals surface area contributed by atoms with Crippen LogP contribution in [-0.4, -0.2) is 0 Å². The summed E-state index contributed by atoms with van der Waals surface area (Å²) in [6.07, 6.45) is 0. The van der Waals surface area contributed by atoms with Gasteiger partial charge in [0.25, 0.3) is 0 Å². The zero-order valence-electron chi connectivity index (χ0n) is 47.6. The monoisotopic (exact) mass is 1040 g/mol. The van der Waals surface area contributed by atoms with Crippen LogP contribution in [0.4, 0.5) is 0 Å². The van der Waals surface area contributed by atoms with Gasteiger partial charge in [0.1, 0.15) is 0 Å². The molecule has 0 saturated heterocycles. The molecule has 0 fully saturated rings. The Morgan fingerprint density at radius 1 is 0.220 bits per heavy atom. The van der Waals surface area contributed by atoms with E-state index in [0.717, 1.165) is 0 Å².